The van der Waals surface area contributed by atoms with E-state index in [0.29, 0.717) is 0 Å². The Bertz CT molecular complexity index is 184. The minimum Gasteiger partial charge on any atom is -0.114 e. The Hall–Kier alpha value is 0.700. The lowest BCUT2D eigenvalue weighted by molar-refractivity contribution is 0.545. The summed E-state index contributed by atoms with van der Waals surface area (Å²) in [6, 6.07) is 0. The van der Waals surface area contributed by atoms with Gasteiger partial charge in [-0.2, -0.15) is 0 Å². The predicted octanol–water partition coefficient (Wildman–Crippen LogP) is 8.20. The van der Waals surface area contributed by atoms with Crippen molar-refractivity contribution < 1.29 is 0 Å². The third-order valence-corrected chi connectivity index (χ3v) is 3.61. The third-order valence-electron chi connectivity index (χ3n) is 3.61. The molecule has 2 heteroatoms. The van der Waals surface area contributed by atoms with E-state index in [2.05, 4.69) is 26.8 Å². The molecule has 0 aromatic rings. The van der Waals surface area contributed by atoms with Gasteiger partial charge in [0.25, 0.3) is 0 Å². The normalized spacial score (nSPS) is 9.55. The summed E-state index contributed by atoms with van der Waals surface area (Å²) in [5.41, 5.74) is 1.47. The van der Waals surface area contributed by atoms with Crippen LogP contribution >= 0.6 is 34.0 Å². The predicted molar refractivity (Wildman–Crippen MR) is 106 cm³/mol. The summed E-state index contributed by atoms with van der Waals surface area (Å²) in [5, 5.41) is 0. The van der Waals surface area contributed by atoms with E-state index in [1.54, 1.807) is 0 Å². The summed E-state index contributed by atoms with van der Waals surface area (Å²) in [6.07, 6.45) is 21.0. The fourth-order valence-electron chi connectivity index (χ4n) is 2.38. The molecule has 0 radical (unpaired) electrons. The van der Waals surface area contributed by atoms with E-state index in [0.717, 1.165) is 0 Å². The van der Waals surface area contributed by atoms with Crippen molar-refractivity contribution in [1.82, 2.24) is 0 Å². The molecule has 0 nitrogen and oxygen atoms in total. The number of rotatable bonds is 13. The fraction of sp³-hybridized carbons (Fsp3) is 0.889. The zero-order valence-corrected chi connectivity index (χ0v) is 17.5. The van der Waals surface area contributed by atoms with E-state index in [-0.39, 0.29) is 34.0 Å². The summed E-state index contributed by atoms with van der Waals surface area (Å²) >= 11 is 0. The first-order chi connectivity index (χ1) is 8.77. The van der Waals surface area contributed by atoms with Crippen LogP contribution in [0.15, 0.2) is 11.6 Å². The van der Waals surface area contributed by atoms with E-state index in [9.17, 15) is 0 Å². The molecule has 0 aliphatic carbocycles. The molecule has 0 aliphatic rings. The van der Waals surface area contributed by atoms with Crippen molar-refractivity contribution in [3.8, 4) is 0 Å². The second-order valence-electron chi connectivity index (χ2n) is 5.96. The Balaban J connectivity index is -0.00000144. The quantitative estimate of drug-likeness (QED) is 0.210. The molecule has 0 rings (SSSR count). The molecule has 0 heterocycles. The van der Waals surface area contributed by atoms with Gasteiger partial charge in [-0.25, -0.2) is 0 Å². The molecule has 0 saturated carbocycles. The van der Waals surface area contributed by atoms with Gasteiger partial charge in [-0.1, -0.05) is 89.2 Å². The number of unbranched alkanes of at least 4 members (excludes halogenated alkanes) is 12. The van der Waals surface area contributed by atoms with Crippen LogP contribution in [-0.2, 0) is 0 Å². The monoisotopic (exact) mass is 412 g/mol. The van der Waals surface area contributed by atoms with E-state index in [1.165, 1.54) is 89.0 Å². The van der Waals surface area contributed by atoms with Crippen molar-refractivity contribution in [2.24, 2.45) is 0 Å². The van der Waals surface area contributed by atoms with E-state index < -0.39 is 0 Å². The summed E-state index contributed by atoms with van der Waals surface area (Å²) < 4.78 is 0. The number of halogens is 2. The second kappa shape index (κ2) is 22.0. The lowest BCUT2D eigenvalue weighted by Crippen LogP contribution is -1.82. The van der Waals surface area contributed by atoms with Crippen molar-refractivity contribution >= 4 is 34.0 Å². The number of hydrogen-bond donors (Lipinski definition) is 0. The molecule has 124 valence electrons. The average Bonchev–Trinajstić information content (AvgIpc) is 2.34. The van der Waals surface area contributed by atoms with E-state index in [1.807, 2.05) is 0 Å². The van der Waals surface area contributed by atoms with E-state index >= 15 is 0 Å². The molecule has 0 N–H and O–H groups in total. The van der Waals surface area contributed by atoms with Crippen LogP contribution in [0.1, 0.15) is 104 Å². The Morgan fingerprint density at radius 1 is 0.600 bits per heavy atom. The minimum atomic E-state index is 0. The first-order valence-corrected chi connectivity index (χ1v) is 8.40. The number of allylic oxidation sites excluding steroid dienone is 2. The SMILES string of the molecule is Br.Br.CCCCCCCCCCCCCCC=C(C)C. The minimum absolute atomic E-state index is 0. The van der Waals surface area contributed by atoms with Crippen LogP contribution < -0.4 is 0 Å². The summed E-state index contributed by atoms with van der Waals surface area (Å²) in [4.78, 5) is 0. The maximum Gasteiger partial charge on any atom is -0.0348 e. The van der Waals surface area contributed by atoms with E-state index in [4.69, 9.17) is 0 Å². The molecule has 0 spiro atoms. The molecule has 0 bridgehead atoms. The van der Waals surface area contributed by atoms with Gasteiger partial charge in [0.05, 0.1) is 0 Å². The van der Waals surface area contributed by atoms with Gasteiger partial charge in [-0.05, 0) is 26.7 Å². The zero-order chi connectivity index (χ0) is 13.5. The smallest absolute Gasteiger partial charge is 0.0348 e. The standard InChI is InChI=1S/C18H36.2BrH/c1-4-5-6-7-8-9-10-11-12-13-14-15-16-17-18(2)3;;/h17H,4-16H2,1-3H3;2*1H. The second-order valence-corrected chi connectivity index (χ2v) is 5.96. The molecule has 0 aliphatic heterocycles. The lowest BCUT2D eigenvalue weighted by atomic mass is 10.0. The molecule has 0 unspecified atom stereocenters. The maximum atomic E-state index is 2.37. The van der Waals surface area contributed by atoms with Gasteiger partial charge in [0.1, 0.15) is 0 Å². The fourth-order valence-corrected chi connectivity index (χ4v) is 2.38. The van der Waals surface area contributed by atoms with Crippen molar-refractivity contribution in [2.75, 3.05) is 0 Å². The van der Waals surface area contributed by atoms with Gasteiger partial charge >= 0.3 is 0 Å². The largest absolute Gasteiger partial charge is 0.114 e. The Kier molecular flexibility index (Phi) is 28.2. The number of hydrogen-bond acceptors (Lipinski definition) is 0. The molecule has 20 heavy (non-hydrogen) atoms. The molecular weight excluding hydrogens is 376 g/mol. The van der Waals surface area contributed by atoms with Crippen molar-refractivity contribution in [3.05, 3.63) is 11.6 Å². The van der Waals surface area contributed by atoms with Gasteiger partial charge in [0.15, 0.2) is 0 Å². The Labute approximate surface area is 149 Å². The summed E-state index contributed by atoms with van der Waals surface area (Å²) in [6.45, 7) is 6.68. The highest BCUT2D eigenvalue weighted by Gasteiger charge is 1.92. The molecule has 0 fully saturated rings. The van der Waals surface area contributed by atoms with Gasteiger partial charge in [0.2, 0.25) is 0 Å². The average molecular weight is 414 g/mol. The highest BCUT2D eigenvalue weighted by molar-refractivity contribution is 8.93. The Morgan fingerprint density at radius 3 is 1.30 bits per heavy atom. The van der Waals surface area contributed by atoms with Crippen LogP contribution in [0, 0.1) is 0 Å². The first kappa shape index (κ1) is 25.6. The van der Waals surface area contributed by atoms with Crippen LogP contribution in [-0.4, -0.2) is 0 Å². The van der Waals surface area contributed by atoms with Gasteiger partial charge < -0.3 is 0 Å². The van der Waals surface area contributed by atoms with Crippen LogP contribution in [0.2, 0.25) is 0 Å². The topological polar surface area (TPSA) is 0 Å². The van der Waals surface area contributed by atoms with Gasteiger partial charge in [-0.3, -0.25) is 0 Å². The van der Waals surface area contributed by atoms with Crippen LogP contribution in [0.25, 0.3) is 0 Å². The zero-order valence-electron chi connectivity index (χ0n) is 14.1. The molecule has 0 aromatic carbocycles. The summed E-state index contributed by atoms with van der Waals surface area (Å²) in [7, 11) is 0. The molecule has 0 aromatic heterocycles. The maximum absolute atomic E-state index is 2.37. The van der Waals surface area contributed by atoms with Crippen LogP contribution in [0.4, 0.5) is 0 Å². The van der Waals surface area contributed by atoms with Crippen molar-refractivity contribution in [1.29, 1.82) is 0 Å². The molecule has 0 amide bonds. The van der Waals surface area contributed by atoms with Crippen molar-refractivity contribution in [2.45, 2.75) is 104 Å². The Morgan fingerprint density at radius 2 is 0.950 bits per heavy atom. The van der Waals surface area contributed by atoms with Crippen molar-refractivity contribution in [3.63, 3.8) is 0 Å². The van der Waals surface area contributed by atoms with Gasteiger partial charge in [0, 0.05) is 0 Å². The van der Waals surface area contributed by atoms with Crippen LogP contribution in [0.5, 0.6) is 0 Å². The first-order valence-electron chi connectivity index (χ1n) is 8.40. The highest BCUT2D eigenvalue weighted by Crippen LogP contribution is 2.12. The molecular formula is C18H38Br2. The third kappa shape index (κ3) is 23.8. The molecule has 0 atom stereocenters. The molecule has 0 saturated heterocycles. The van der Waals surface area contributed by atoms with Gasteiger partial charge in [-0.15, -0.1) is 34.0 Å². The lowest BCUT2D eigenvalue weighted by Gasteiger charge is -2.02. The van der Waals surface area contributed by atoms with Crippen LogP contribution in [0.3, 0.4) is 0 Å². The highest BCUT2D eigenvalue weighted by atomic mass is 79.9. The summed E-state index contributed by atoms with van der Waals surface area (Å²) in [5.74, 6) is 0.